The van der Waals surface area contributed by atoms with E-state index in [1.54, 1.807) is 0 Å². The van der Waals surface area contributed by atoms with Crippen LogP contribution < -0.4 is 5.32 Å². The standard InChI is InChI=1S/C15H24ClNO/c1-12(2)11-18-9-8-17-13(3)10-14-4-6-15(16)7-5-14/h4-7,12-13,17H,8-11H2,1-3H3. The lowest BCUT2D eigenvalue weighted by Crippen LogP contribution is -2.31. The minimum Gasteiger partial charge on any atom is -0.380 e. The minimum atomic E-state index is 0.453. The molecule has 1 atom stereocenters. The van der Waals surface area contributed by atoms with Crippen molar-refractivity contribution in [1.29, 1.82) is 0 Å². The van der Waals surface area contributed by atoms with Gasteiger partial charge in [-0.1, -0.05) is 37.6 Å². The van der Waals surface area contributed by atoms with E-state index < -0.39 is 0 Å². The van der Waals surface area contributed by atoms with Crippen molar-refractivity contribution in [2.24, 2.45) is 5.92 Å². The van der Waals surface area contributed by atoms with E-state index in [0.29, 0.717) is 12.0 Å². The van der Waals surface area contributed by atoms with Gasteiger partial charge in [0.25, 0.3) is 0 Å². The first kappa shape index (κ1) is 15.5. The fraction of sp³-hybridized carbons (Fsp3) is 0.600. The number of rotatable bonds is 8. The molecule has 0 aromatic heterocycles. The van der Waals surface area contributed by atoms with Gasteiger partial charge in [-0.05, 0) is 37.0 Å². The Hall–Kier alpha value is -0.570. The summed E-state index contributed by atoms with van der Waals surface area (Å²) in [6.07, 6.45) is 1.02. The zero-order valence-electron chi connectivity index (χ0n) is 11.6. The third kappa shape index (κ3) is 7.00. The predicted octanol–water partition coefficient (Wildman–Crippen LogP) is 3.53. The van der Waals surface area contributed by atoms with E-state index in [-0.39, 0.29) is 0 Å². The van der Waals surface area contributed by atoms with Crippen LogP contribution in [0.25, 0.3) is 0 Å². The van der Waals surface area contributed by atoms with Crippen LogP contribution in [0, 0.1) is 5.92 Å². The van der Waals surface area contributed by atoms with E-state index >= 15 is 0 Å². The van der Waals surface area contributed by atoms with Gasteiger partial charge in [0.2, 0.25) is 0 Å². The van der Waals surface area contributed by atoms with Gasteiger partial charge in [0.1, 0.15) is 0 Å². The summed E-state index contributed by atoms with van der Waals surface area (Å²) in [6.45, 7) is 9.04. The fourth-order valence-corrected chi connectivity index (χ4v) is 1.87. The summed E-state index contributed by atoms with van der Waals surface area (Å²) in [5, 5.41) is 4.25. The monoisotopic (exact) mass is 269 g/mol. The molecular formula is C15H24ClNO. The topological polar surface area (TPSA) is 21.3 Å². The molecule has 18 heavy (non-hydrogen) atoms. The van der Waals surface area contributed by atoms with Crippen LogP contribution in [0.2, 0.25) is 5.02 Å². The van der Waals surface area contributed by atoms with Crippen molar-refractivity contribution in [3.63, 3.8) is 0 Å². The largest absolute Gasteiger partial charge is 0.380 e. The van der Waals surface area contributed by atoms with Crippen molar-refractivity contribution < 1.29 is 4.74 Å². The van der Waals surface area contributed by atoms with E-state index in [1.807, 2.05) is 12.1 Å². The van der Waals surface area contributed by atoms with E-state index in [4.69, 9.17) is 16.3 Å². The molecule has 0 amide bonds. The van der Waals surface area contributed by atoms with Gasteiger partial charge in [0.15, 0.2) is 0 Å². The normalized spacial score (nSPS) is 12.9. The fourth-order valence-electron chi connectivity index (χ4n) is 1.74. The number of hydrogen-bond donors (Lipinski definition) is 1. The van der Waals surface area contributed by atoms with Crippen molar-refractivity contribution in [2.45, 2.75) is 33.2 Å². The van der Waals surface area contributed by atoms with Crippen molar-refractivity contribution >= 4 is 11.6 Å². The SMILES string of the molecule is CC(C)COCCNC(C)Cc1ccc(Cl)cc1. The Labute approximate surface area is 116 Å². The minimum absolute atomic E-state index is 0.453. The van der Waals surface area contributed by atoms with E-state index in [0.717, 1.165) is 31.2 Å². The average Bonchev–Trinajstić information content (AvgIpc) is 2.31. The van der Waals surface area contributed by atoms with Crippen molar-refractivity contribution in [1.82, 2.24) is 5.32 Å². The molecule has 0 aliphatic carbocycles. The molecule has 1 aromatic carbocycles. The van der Waals surface area contributed by atoms with Gasteiger partial charge in [-0.25, -0.2) is 0 Å². The third-order valence-electron chi connectivity index (χ3n) is 2.65. The van der Waals surface area contributed by atoms with Gasteiger partial charge in [-0.2, -0.15) is 0 Å². The third-order valence-corrected chi connectivity index (χ3v) is 2.90. The number of hydrogen-bond acceptors (Lipinski definition) is 2. The Balaban J connectivity index is 2.13. The van der Waals surface area contributed by atoms with Crippen LogP contribution in [0.4, 0.5) is 0 Å². The van der Waals surface area contributed by atoms with Crippen LogP contribution in [0.3, 0.4) is 0 Å². The molecule has 0 fully saturated rings. The Morgan fingerprint density at radius 1 is 1.17 bits per heavy atom. The molecule has 0 saturated heterocycles. The van der Waals surface area contributed by atoms with Crippen LogP contribution >= 0.6 is 11.6 Å². The molecule has 3 heteroatoms. The first-order chi connectivity index (χ1) is 8.58. The lowest BCUT2D eigenvalue weighted by molar-refractivity contribution is 0.110. The number of ether oxygens (including phenoxy) is 1. The first-order valence-electron chi connectivity index (χ1n) is 6.63. The molecule has 102 valence electrons. The first-order valence-corrected chi connectivity index (χ1v) is 7.01. The second-order valence-corrected chi connectivity index (χ2v) is 5.59. The molecule has 0 aliphatic rings. The molecule has 1 N–H and O–H groups in total. The summed E-state index contributed by atoms with van der Waals surface area (Å²) in [5.41, 5.74) is 1.31. The van der Waals surface area contributed by atoms with Crippen LogP contribution in [0.5, 0.6) is 0 Å². The molecular weight excluding hydrogens is 246 g/mol. The average molecular weight is 270 g/mol. The van der Waals surface area contributed by atoms with Crippen LogP contribution in [-0.2, 0) is 11.2 Å². The highest BCUT2D eigenvalue weighted by Crippen LogP contribution is 2.10. The number of benzene rings is 1. The highest BCUT2D eigenvalue weighted by Gasteiger charge is 2.03. The smallest absolute Gasteiger partial charge is 0.0591 e. The Morgan fingerprint density at radius 3 is 2.44 bits per heavy atom. The molecule has 1 rings (SSSR count). The Morgan fingerprint density at radius 2 is 1.83 bits per heavy atom. The summed E-state index contributed by atoms with van der Waals surface area (Å²) in [7, 11) is 0. The summed E-state index contributed by atoms with van der Waals surface area (Å²) >= 11 is 5.86. The van der Waals surface area contributed by atoms with Crippen molar-refractivity contribution in [2.75, 3.05) is 19.8 Å². The quantitative estimate of drug-likeness (QED) is 0.729. The van der Waals surface area contributed by atoms with Gasteiger partial charge < -0.3 is 10.1 Å². The van der Waals surface area contributed by atoms with E-state index in [2.05, 4.69) is 38.2 Å². The van der Waals surface area contributed by atoms with Crippen molar-refractivity contribution in [3.8, 4) is 0 Å². The molecule has 0 saturated carbocycles. The second-order valence-electron chi connectivity index (χ2n) is 5.15. The summed E-state index contributed by atoms with van der Waals surface area (Å²) in [6, 6.07) is 8.49. The molecule has 1 unspecified atom stereocenters. The maximum Gasteiger partial charge on any atom is 0.0591 e. The van der Waals surface area contributed by atoms with E-state index in [1.165, 1.54) is 5.56 Å². The maximum atomic E-state index is 5.86. The second kappa shape index (κ2) is 8.52. The summed E-state index contributed by atoms with van der Waals surface area (Å²) in [4.78, 5) is 0. The van der Waals surface area contributed by atoms with E-state index in [9.17, 15) is 0 Å². The molecule has 0 spiro atoms. The molecule has 0 radical (unpaired) electrons. The molecule has 2 nitrogen and oxygen atoms in total. The number of nitrogens with one attached hydrogen (secondary N) is 1. The van der Waals surface area contributed by atoms with Crippen LogP contribution in [-0.4, -0.2) is 25.8 Å². The maximum absolute atomic E-state index is 5.86. The zero-order valence-corrected chi connectivity index (χ0v) is 12.3. The predicted molar refractivity (Wildman–Crippen MR) is 78.3 cm³/mol. The van der Waals surface area contributed by atoms with Gasteiger partial charge in [-0.3, -0.25) is 0 Å². The lowest BCUT2D eigenvalue weighted by atomic mass is 10.1. The summed E-state index contributed by atoms with van der Waals surface area (Å²) in [5.74, 6) is 0.608. The molecule has 1 aromatic rings. The Kier molecular flexibility index (Phi) is 7.33. The number of halogens is 1. The van der Waals surface area contributed by atoms with Gasteiger partial charge in [0.05, 0.1) is 6.61 Å². The summed E-state index contributed by atoms with van der Waals surface area (Å²) < 4.78 is 5.53. The van der Waals surface area contributed by atoms with Gasteiger partial charge >= 0.3 is 0 Å². The Bertz CT molecular complexity index is 324. The highest BCUT2D eigenvalue weighted by molar-refractivity contribution is 6.30. The van der Waals surface area contributed by atoms with Gasteiger partial charge in [0, 0.05) is 24.2 Å². The van der Waals surface area contributed by atoms with Crippen LogP contribution in [0.1, 0.15) is 26.3 Å². The molecule has 0 aliphatic heterocycles. The highest BCUT2D eigenvalue weighted by atomic mass is 35.5. The van der Waals surface area contributed by atoms with Crippen LogP contribution in [0.15, 0.2) is 24.3 Å². The molecule has 0 bridgehead atoms. The molecule has 0 heterocycles. The van der Waals surface area contributed by atoms with Gasteiger partial charge in [-0.15, -0.1) is 0 Å². The lowest BCUT2D eigenvalue weighted by Gasteiger charge is -2.14. The zero-order chi connectivity index (χ0) is 13.4. The van der Waals surface area contributed by atoms with Crippen molar-refractivity contribution in [3.05, 3.63) is 34.9 Å².